The Hall–Kier alpha value is -3.80. The quantitative estimate of drug-likeness (QED) is 0.193. The molecule has 226 valence electrons. The van der Waals surface area contributed by atoms with Crippen LogP contribution in [-0.2, 0) is 20.9 Å². The molecule has 1 aromatic heterocycles. The molecule has 1 atom stereocenters. The molecule has 44 heavy (non-hydrogen) atoms. The number of ether oxygens (including phenoxy) is 3. The molecular weight excluding hydrogens is 712 g/mol. The zero-order valence-electron chi connectivity index (χ0n) is 24.1. The maximum atomic E-state index is 14.1. The number of benzene rings is 3. The normalized spacial score (nSPS) is 14.6. The third-order valence-corrected chi connectivity index (χ3v) is 8.97. The molecule has 8 nitrogen and oxygen atoms in total. The maximum Gasteiger partial charge on any atom is 0.338 e. The first-order valence-corrected chi connectivity index (χ1v) is 16.2. The van der Waals surface area contributed by atoms with E-state index < -0.39 is 12.0 Å². The molecule has 2 heterocycles. The Labute approximate surface area is 274 Å². The van der Waals surface area contributed by atoms with E-state index in [0.29, 0.717) is 55.0 Å². The van der Waals surface area contributed by atoms with E-state index in [2.05, 4.69) is 31.9 Å². The number of allylic oxidation sites excluding steroid dienone is 1. The Kier molecular flexibility index (Phi) is 9.97. The third kappa shape index (κ3) is 6.50. The van der Waals surface area contributed by atoms with Crippen LogP contribution in [0.5, 0.6) is 5.75 Å². The lowest BCUT2D eigenvalue weighted by Gasteiger charge is -2.25. The van der Waals surface area contributed by atoms with Crippen molar-refractivity contribution in [3.05, 3.63) is 129 Å². The largest absolute Gasteiger partial charge is 0.487 e. The van der Waals surface area contributed by atoms with Gasteiger partial charge in [-0.25, -0.2) is 14.6 Å². The van der Waals surface area contributed by atoms with Crippen LogP contribution in [0.2, 0.25) is 0 Å². The highest BCUT2D eigenvalue weighted by Gasteiger charge is 2.33. The van der Waals surface area contributed by atoms with Gasteiger partial charge in [-0.3, -0.25) is 9.36 Å². The Balaban J connectivity index is 1.57. The van der Waals surface area contributed by atoms with Crippen LogP contribution in [0.25, 0.3) is 6.08 Å². The molecule has 3 aromatic carbocycles. The van der Waals surface area contributed by atoms with E-state index in [9.17, 15) is 14.4 Å². The molecule has 5 rings (SSSR count). The molecule has 0 N–H and O–H groups in total. The molecule has 0 saturated carbocycles. The molecule has 0 saturated heterocycles. The molecule has 0 fully saturated rings. The molecule has 0 aliphatic carbocycles. The summed E-state index contributed by atoms with van der Waals surface area (Å²) in [5.41, 5.74) is 3.42. The van der Waals surface area contributed by atoms with Crippen LogP contribution in [-0.4, -0.2) is 30.2 Å². The van der Waals surface area contributed by atoms with Crippen LogP contribution < -0.4 is 19.6 Å². The fourth-order valence-corrected chi connectivity index (χ4v) is 7.29. The van der Waals surface area contributed by atoms with Crippen molar-refractivity contribution in [2.45, 2.75) is 32.9 Å². The van der Waals surface area contributed by atoms with E-state index in [1.807, 2.05) is 61.5 Å². The van der Waals surface area contributed by atoms with Gasteiger partial charge in [0.25, 0.3) is 5.56 Å². The van der Waals surface area contributed by atoms with Crippen molar-refractivity contribution in [3.63, 3.8) is 0 Å². The summed E-state index contributed by atoms with van der Waals surface area (Å²) in [5, 5.41) is 0. The minimum Gasteiger partial charge on any atom is -0.487 e. The lowest BCUT2D eigenvalue weighted by Crippen LogP contribution is -2.40. The molecule has 1 aliphatic heterocycles. The molecule has 0 amide bonds. The third-order valence-electron chi connectivity index (χ3n) is 6.94. The summed E-state index contributed by atoms with van der Waals surface area (Å²) < 4.78 is 19.9. The van der Waals surface area contributed by atoms with Gasteiger partial charge in [-0.05, 0) is 70.7 Å². The van der Waals surface area contributed by atoms with Crippen molar-refractivity contribution in [1.82, 2.24) is 4.57 Å². The lowest BCUT2D eigenvalue weighted by atomic mass is 9.95. The SMILES string of the molecule is CCOC(=O)c1ccc(COc2c(Br)cc(Br)cc2/C=c2/sc3n(c2=O)[C@@H](c2ccccc2)C(C(=O)OC)=C(CC)N=3)cc1. The topological polar surface area (TPSA) is 96.2 Å². The van der Waals surface area contributed by atoms with Crippen molar-refractivity contribution in [2.75, 3.05) is 13.7 Å². The Bertz CT molecular complexity index is 1930. The number of aromatic nitrogens is 1. The van der Waals surface area contributed by atoms with Crippen LogP contribution in [0.3, 0.4) is 0 Å². The Morgan fingerprint density at radius 1 is 1.02 bits per heavy atom. The number of carbonyl (C=O) groups excluding carboxylic acids is 2. The molecule has 0 bridgehead atoms. The van der Waals surface area contributed by atoms with Gasteiger partial charge in [-0.1, -0.05) is 76.7 Å². The van der Waals surface area contributed by atoms with Gasteiger partial charge in [0.05, 0.1) is 45.6 Å². The van der Waals surface area contributed by atoms with Gasteiger partial charge in [-0.2, -0.15) is 0 Å². The molecule has 0 radical (unpaired) electrons. The Morgan fingerprint density at radius 2 is 1.75 bits per heavy atom. The van der Waals surface area contributed by atoms with Crippen molar-refractivity contribution >= 4 is 61.2 Å². The van der Waals surface area contributed by atoms with Gasteiger partial charge in [-0.15, -0.1) is 0 Å². The fraction of sp³-hybridized carbons (Fsp3) is 0.212. The van der Waals surface area contributed by atoms with Crippen molar-refractivity contribution in [2.24, 2.45) is 4.99 Å². The second kappa shape index (κ2) is 13.9. The monoisotopic (exact) mass is 738 g/mol. The first kappa shape index (κ1) is 31.6. The molecule has 11 heteroatoms. The van der Waals surface area contributed by atoms with E-state index in [4.69, 9.17) is 19.2 Å². The average molecular weight is 740 g/mol. The van der Waals surface area contributed by atoms with Crippen LogP contribution in [0.15, 0.2) is 96.7 Å². The number of carbonyl (C=O) groups is 2. The van der Waals surface area contributed by atoms with E-state index >= 15 is 0 Å². The van der Waals surface area contributed by atoms with Gasteiger partial charge in [0.1, 0.15) is 12.4 Å². The highest BCUT2D eigenvalue weighted by Crippen LogP contribution is 2.35. The van der Waals surface area contributed by atoms with Crippen LogP contribution in [0.1, 0.15) is 53.4 Å². The van der Waals surface area contributed by atoms with Crippen molar-refractivity contribution in [3.8, 4) is 5.75 Å². The minimum absolute atomic E-state index is 0.224. The second-order valence-electron chi connectivity index (χ2n) is 9.71. The lowest BCUT2D eigenvalue weighted by molar-refractivity contribution is -0.136. The standard InChI is InChI=1S/C33H28Br2N2O6S/c1-4-25-27(32(40)41-3)28(20-9-7-6-8-10-20)37-30(38)26(44-33(37)36-25)16-22-15-23(34)17-24(35)29(22)43-18-19-11-13-21(14-12-19)31(39)42-5-2/h6-17,28H,4-5,18H2,1-3H3/b26-16+/t28-/m0/s1. The van der Waals surface area contributed by atoms with Gasteiger partial charge in [0.2, 0.25) is 0 Å². The summed E-state index contributed by atoms with van der Waals surface area (Å²) in [4.78, 5) is 44.3. The van der Waals surface area contributed by atoms with Crippen LogP contribution in [0.4, 0.5) is 0 Å². The van der Waals surface area contributed by atoms with Crippen LogP contribution in [0, 0.1) is 0 Å². The number of methoxy groups -OCH3 is 1. The number of halogens is 2. The molecule has 0 unspecified atom stereocenters. The first-order chi connectivity index (χ1) is 21.2. The van der Waals surface area contributed by atoms with Crippen molar-refractivity contribution < 1.29 is 23.8 Å². The number of hydrogen-bond donors (Lipinski definition) is 0. The molecule has 1 aliphatic rings. The predicted octanol–water partition coefficient (Wildman–Crippen LogP) is 6.08. The van der Waals surface area contributed by atoms with Gasteiger partial charge in [0.15, 0.2) is 4.80 Å². The number of nitrogens with zero attached hydrogens (tertiary/aromatic N) is 2. The summed E-state index contributed by atoms with van der Waals surface area (Å²) in [6, 6.07) is 19.5. The minimum atomic E-state index is -0.681. The maximum absolute atomic E-state index is 14.1. The summed E-state index contributed by atoms with van der Waals surface area (Å²) >= 11 is 8.41. The molecule has 4 aromatic rings. The second-order valence-corrected chi connectivity index (χ2v) is 12.5. The smallest absolute Gasteiger partial charge is 0.338 e. The first-order valence-electron chi connectivity index (χ1n) is 13.8. The highest BCUT2D eigenvalue weighted by molar-refractivity contribution is 9.11. The van der Waals surface area contributed by atoms with E-state index in [0.717, 1.165) is 15.6 Å². The summed E-state index contributed by atoms with van der Waals surface area (Å²) in [6.45, 7) is 4.22. The van der Waals surface area contributed by atoms with Crippen LogP contribution >= 0.6 is 43.2 Å². The van der Waals surface area contributed by atoms with Gasteiger partial charge in [0, 0.05) is 10.0 Å². The number of hydrogen-bond acceptors (Lipinski definition) is 8. The van der Waals surface area contributed by atoms with E-state index in [1.54, 1.807) is 29.7 Å². The Morgan fingerprint density at radius 3 is 2.41 bits per heavy atom. The van der Waals surface area contributed by atoms with E-state index in [-0.39, 0.29) is 18.1 Å². The zero-order chi connectivity index (χ0) is 31.4. The van der Waals surface area contributed by atoms with Crippen molar-refractivity contribution in [1.29, 1.82) is 0 Å². The number of thiazole rings is 1. The van der Waals surface area contributed by atoms with Gasteiger partial charge < -0.3 is 14.2 Å². The summed E-state index contributed by atoms with van der Waals surface area (Å²) in [6.07, 6.45) is 2.27. The molecular formula is C33H28Br2N2O6S. The highest BCUT2D eigenvalue weighted by atomic mass is 79.9. The molecule has 0 spiro atoms. The zero-order valence-corrected chi connectivity index (χ0v) is 28.1. The number of esters is 2. The predicted molar refractivity (Wildman–Crippen MR) is 175 cm³/mol. The fourth-order valence-electron chi connectivity index (χ4n) is 4.90. The average Bonchev–Trinajstić information content (AvgIpc) is 3.34. The van der Waals surface area contributed by atoms with E-state index in [1.165, 1.54) is 18.4 Å². The summed E-state index contributed by atoms with van der Waals surface area (Å²) in [5.74, 6) is -0.355. The number of fused-ring (bicyclic) bond motifs is 1. The summed E-state index contributed by atoms with van der Waals surface area (Å²) in [7, 11) is 1.33. The van der Waals surface area contributed by atoms with Gasteiger partial charge >= 0.3 is 11.9 Å². The number of rotatable bonds is 9.